The second-order valence-corrected chi connectivity index (χ2v) is 10.0. The first-order valence-corrected chi connectivity index (χ1v) is 14.8. The number of halogens is 1. The van der Waals surface area contributed by atoms with Gasteiger partial charge in [-0.15, -0.1) is 0 Å². The Morgan fingerprint density at radius 1 is 1.14 bits per heavy atom. The summed E-state index contributed by atoms with van der Waals surface area (Å²) in [7, 11) is 3.42. The number of anilines is 1. The van der Waals surface area contributed by atoms with Crippen LogP contribution < -0.4 is 5.32 Å². The molecule has 0 bridgehead atoms. The van der Waals surface area contributed by atoms with E-state index in [9.17, 15) is 14.0 Å². The smallest absolute Gasteiger partial charge is 0.261 e. The number of amides is 2. The largest absolute Gasteiger partial charge is 0.347 e. The third kappa shape index (κ3) is 8.71. The molecule has 4 aromatic rings. The molecular weight excluding hydrogens is 533 g/mol. The zero-order valence-electron chi connectivity index (χ0n) is 26.5. The average Bonchev–Trinajstić information content (AvgIpc) is 3.54. The number of nitrogens with zero attached hydrogens (tertiary/aromatic N) is 6. The maximum Gasteiger partial charge on any atom is 0.261 e. The van der Waals surface area contributed by atoms with Gasteiger partial charge in [0.1, 0.15) is 17.8 Å². The van der Waals surface area contributed by atoms with E-state index < -0.39 is 6.17 Å². The lowest BCUT2D eigenvalue weighted by Crippen LogP contribution is -2.26. The highest BCUT2D eigenvalue weighted by Crippen LogP contribution is 2.42. The number of benzene rings is 1. The maximum atomic E-state index is 13.2. The number of alkyl halides is 1. The van der Waals surface area contributed by atoms with E-state index >= 15 is 0 Å². The highest BCUT2D eigenvalue weighted by molar-refractivity contribution is 6.09. The number of carbonyl (C=O) groups excluding carboxylic acids is 2. The van der Waals surface area contributed by atoms with Crippen molar-refractivity contribution in [1.82, 2.24) is 29.3 Å². The Bertz CT molecular complexity index is 1440. The molecule has 2 amide bonds. The van der Waals surface area contributed by atoms with Gasteiger partial charge < -0.3 is 10.2 Å². The molecule has 0 spiro atoms. The van der Waals surface area contributed by atoms with E-state index in [1.807, 2.05) is 34.6 Å². The molecule has 0 unspecified atom stereocenters. The summed E-state index contributed by atoms with van der Waals surface area (Å²) in [5.41, 5.74) is 5.40. The Morgan fingerprint density at radius 2 is 1.81 bits per heavy atom. The van der Waals surface area contributed by atoms with Gasteiger partial charge in [-0.05, 0) is 57.2 Å². The fourth-order valence-corrected chi connectivity index (χ4v) is 4.20. The van der Waals surface area contributed by atoms with E-state index in [1.165, 1.54) is 36.9 Å². The Hall–Kier alpha value is -4.08. The number of aromatic nitrogens is 5. The van der Waals surface area contributed by atoms with Crippen molar-refractivity contribution in [3.05, 3.63) is 65.7 Å². The molecule has 9 nitrogen and oxygen atoms in total. The van der Waals surface area contributed by atoms with E-state index in [4.69, 9.17) is 5.10 Å². The summed E-state index contributed by atoms with van der Waals surface area (Å²) >= 11 is 0. The van der Waals surface area contributed by atoms with Crippen LogP contribution in [0.25, 0.3) is 16.9 Å². The van der Waals surface area contributed by atoms with Crippen LogP contribution >= 0.6 is 0 Å². The molecule has 0 aliphatic heterocycles. The monoisotopic (exact) mass is 579 g/mol. The number of carbonyl (C=O) groups is 2. The number of likely N-dealkylation sites (N-methyl/N-ethyl adjacent to an activating group) is 1. The molecule has 5 rings (SSSR count). The van der Waals surface area contributed by atoms with Crippen LogP contribution in [0, 0.1) is 6.92 Å². The van der Waals surface area contributed by atoms with Gasteiger partial charge in [-0.1, -0.05) is 51.8 Å². The van der Waals surface area contributed by atoms with E-state index in [2.05, 4.69) is 33.6 Å². The number of fused-ring (bicyclic) bond motifs is 1. The van der Waals surface area contributed by atoms with Crippen molar-refractivity contribution in [2.75, 3.05) is 19.4 Å². The fraction of sp³-hybridized carbons (Fsp3) is 0.469. The normalized spacial score (nSPS) is 12.2. The predicted octanol–water partition coefficient (Wildman–Crippen LogP) is 6.93. The summed E-state index contributed by atoms with van der Waals surface area (Å²) in [4.78, 5) is 31.4. The van der Waals surface area contributed by atoms with Crippen molar-refractivity contribution in [2.45, 2.75) is 86.4 Å². The van der Waals surface area contributed by atoms with Crippen LogP contribution in [0.1, 0.15) is 88.2 Å². The molecule has 1 aromatic carbocycles. The predicted molar refractivity (Wildman–Crippen MR) is 168 cm³/mol. The van der Waals surface area contributed by atoms with Crippen molar-refractivity contribution >= 4 is 23.1 Å². The lowest BCUT2D eigenvalue weighted by Gasteiger charge is -2.28. The lowest BCUT2D eigenvalue weighted by atomic mass is 9.77. The van der Waals surface area contributed by atoms with E-state index in [-0.39, 0.29) is 18.4 Å². The Kier molecular flexibility index (Phi) is 13.3. The Labute approximate surface area is 249 Å². The molecule has 0 radical (unpaired) electrons. The van der Waals surface area contributed by atoms with Crippen LogP contribution in [0.2, 0.25) is 0 Å². The number of hydrogen-bond donors (Lipinski definition) is 1. The van der Waals surface area contributed by atoms with Crippen LogP contribution in [-0.2, 0) is 11.3 Å². The van der Waals surface area contributed by atoms with Crippen molar-refractivity contribution in [3.8, 4) is 11.3 Å². The molecule has 1 aliphatic rings. The third-order valence-electron chi connectivity index (χ3n) is 6.34. The first-order valence-electron chi connectivity index (χ1n) is 14.8. The van der Waals surface area contributed by atoms with Crippen molar-refractivity contribution in [3.63, 3.8) is 0 Å². The molecule has 1 saturated carbocycles. The summed E-state index contributed by atoms with van der Waals surface area (Å²) < 4.78 is 14.2. The quantitative estimate of drug-likeness (QED) is 0.267. The van der Waals surface area contributed by atoms with Gasteiger partial charge in [-0.2, -0.15) is 10.2 Å². The van der Waals surface area contributed by atoms with Crippen molar-refractivity contribution in [1.29, 1.82) is 0 Å². The zero-order valence-corrected chi connectivity index (χ0v) is 26.5. The topological polar surface area (TPSA) is 97.4 Å². The van der Waals surface area contributed by atoms with Crippen molar-refractivity contribution in [2.24, 2.45) is 0 Å². The van der Waals surface area contributed by atoms with Crippen LogP contribution in [0.5, 0.6) is 0 Å². The first-order chi connectivity index (χ1) is 20.1. The average molecular weight is 580 g/mol. The van der Waals surface area contributed by atoms with Crippen LogP contribution in [0.4, 0.5) is 10.1 Å². The summed E-state index contributed by atoms with van der Waals surface area (Å²) in [6.45, 7) is 13.1. The van der Waals surface area contributed by atoms with E-state index in [0.29, 0.717) is 28.5 Å². The minimum absolute atomic E-state index is 0.0813. The molecule has 0 saturated heterocycles. The standard InChI is InChI=1S/C25H27N7O2.C3H7F.2C2H6/c1-16-8-9-18(17-6-4-7-17)19(12-16)23-21(14-31(29-23)15-22(33)30(2)3)28-25(34)20-13-27-32-11-5-10-26-24(20)32;1-3(2)4;2*1-2/h5,8-14,17H,4,6-7,15H2,1-3H3,(H,28,34);3H,1-2H3;2*1-2H3. The van der Waals surface area contributed by atoms with Gasteiger partial charge in [0.25, 0.3) is 5.91 Å². The van der Waals surface area contributed by atoms with Gasteiger partial charge in [0, 0.05) is 38.2 Å². The fourth-order valence-electron chi connectivity index (χ4n) is 4.20. The van der Waals surface area contributed by atoms with Gasteiger partial charge in [-0.3, -0.25) is 14.3 Å². The number of nitrogens with one attached hydrogen (secondary N) is 1. The first kappa shape index (κ1) is 34.1. The van der Waals surface area contributed by atoms with Gasteiger partial charge in [0.05, 0.1) is 18.1 Å². The number of aryl methyl sites for hydroxylation is 1. The zero-order chi connectivity index (χ0) is 31.4. The molecule has 3 aromatic heterocycles. The van der Waals surface area contributed by atoms with Crippen LogP contribution in [0.15, 0.2) is 49.1 Å². The van der Waals surface area contributed by atoms with Crippen molar-refractivity contribution < 1.29 is 14.0 Å². The van der Waals surface area contributed by atoms with Crippen LogP contribution in [-0.4, -0.2) is 61.4 Å². The molecule has 10 heteroatoms. The second kappa shape index (κ2) is 16.4. The lowest BCUT2D eigenvalue weighted by molar-refractivity contribution is -0.129. The summed E-state index contributed by atoms with van der Waals surface area (Å²) in [5, 5.41) is 12.0. The third-order valence-corrected chi connectivity index (χ3v) is 6.34. The SMILES string of the molecule is CC.CC.CC(C)F.Cc1ccc(C2CCC2)c(-c2nn(CC(=O)N(C)C)cc2NC(=O)c2cnn3cccnc23)c1. The highest BCUT2D eigenvalue weighted by Gasteiger charge is 2.26. The highest BCUT2D eigenvalue weighted by atomic mass is 19.1. The van der Waals surface area contributed by atoms with Gasteiger partial charge >= 0.3 is 0 Å². The molecule has 42 heavy (non-hydrogen) atoms. The van der Waals surface area contributed by atoms with Gasteiger partial charge in [0.2, 0.25) is 5.91 Å². The van der Waals surface area contributed by atoms with E-state index in [1.54, 1.807) is 47.9 Å². The van der Waals surface area contributed by atoms with Gasteiger partial charge in [0.15, 0.2) is 5.65 Å². The maximum absolute atomic E-state index is 13.2. The molecule has 1 N–H and O–H groups in total. The molecule has 228 valence electrons. The van der Waals surface area contributed by atoms with Crippen LogP contribution in [0.3, 0.4) is 0 Å². The minimum Gasteiger partial charge on any atom is -0.347 e. The Morgan fingerprint density at radius 3 is 2.40 bits per heavy atom. The minimum atomic E-state index is -0.667. The number of rotatable bonds is 6. The van der Waals surface area contributed by atoms with Gasteiger partial charge in [-0.25, -0.2) is 13.9 Å². The molecule has 0 atom stereocenters. The Balaban J connectivity index is 0.000000699. The molecular formula is C32H46FN7O2. The summed E-state index contributed by atoms with van der Waals surface area (Å²) in [6.07, 6.45) is 9.44. The van der Waals surface area contributed by atoms with E-state index in [0.717, 1.165) is 24.0 Å². The molecule has 1 aliphatic carbocycles. The molecule has 1 fully saturated rings. The summed E-state index contributed by atoms with van der Waals surface area (Å²) in [6, 6.07) is 8.15. The second-order valence-electron chi connectivity index (χ2n) is 10.0. The summed E-state index contributed by atoms with van der Waals surface area (Å²) in [5.74, 6) is 0.0741. The number of hydrogen-bond acceptors (Lipinski definition) is 5. The molecule has 3 heterocycles.